The molecular formula is C31H36N2O10. The van der Waals surface area contributed by atoms with Gasteiger partial charge in [-0.1, -0.05) is 34.6 Å². The van der Waals surface area contributed by atoms with E-state index in [1.807, 2.05) is 0 Å². The van der Waals surface area contributed by atoms with Gasteiger partial charge in [-0.15, -0.1) is 0 Å². The van der Waals surface area contributed by atoms with Gasteiger partial charge in [0.2, 0.25) is 5.91 Å². The van der Waals surface area contributed by atoms with Gasteiger partial charge < -0.3 is 31.3 Å². The van der Waals surface area contributed by atoms with E-state index in [9.17, 15) is 50.0 Å². The number of Topliss-reactive ketones (excluding diaryl/α,β-unsaturated/α-hetero) is 2. The van der Waals surface area contributed by atoms with E-state index in [0.29, 0.717) is 16.7 Å². The van der Waals surface area contributed by atoms with Crippen molar-refractivity contribution in [1.82, 2.24) is 0 Å². The lowest BCUT2D eigenvalue weighted by molar-refractivity contribution is -0.384. The summed E-state index contributed by atoms with van der Waals surface area (Å²) in [6, 6.07) is 8.53. The minimum absolute atomic E-state index is 0.132. The number of aliphatic hydroxyl groups is 4. The number of aromatic hydroxyl groups is 1. The van der Waals surface area contributed by atoms with Crippen molar-refractivity contribution in [2.75, 3.05) is 0 Å². The predicted octanol–water partition coefficient (Wildman–Crippen LogP) is 1.68. The number of nitrogens with zero attached hydrogens (tertiary/aromatic N) is 1. The number of aliphatic hydroxyl groups excluding tert-OH is 3. The second-order valence-corrected chi connectivity index (χ2v) is 13.1. The van der Waals surface area contributed by atoms with Crippen LogP contribution in [0.3, 0.4) is 0 Å². The number of carbonyl (C=O) groups is 3. The number of amides is 1. The molecule has 3 aliphatic rings. The summed E-state index contributed by atoms with van der Waals surface area (Å²) in [5.74, 6) is -9.65. The summed E-state index contributed by atoms with van der Waals surface area (Å²) in [4.78, 5) is 51.0. The van der Waals surface area contributed by atoms with E-state index in [4.69, 9.17) is 5.73 Å². The molecule has 0 aliphatic heterocycles. The maximum absolute atomic E-state index is 14.2. The lowest BCUT2D eigenvalue weighted by Crippen LogP contribution is -2.83. The van der Waals surface area contributed by atoms with Crippen molar-refractivity contribution in [3.63, 3.8) is 0 Å². The molecule has 0 bridgehead atoms. The van der Waals surface area contributed by atoms with Crippen molar-refractivity contribution >= 4 is 23.2 Å². The summed E-state index contributed by atoms with van der Waals surface area (Å²) in [6.07, 6.45) is -5.50. The Bertz CT molecular complexity index is 1560. The zero-order valence-electron chi connectivity index (χ0n) is 24.4. The highest BCUT2D eigenvalue weighted by atomic mass is 16.6. The number of phenols is 1. The maximum atomic E-state index is 14.2. The molecule has 0 spiro atoms. The Morgan fingerprint density at radius 2 is 1.63 bits per heavy atom. The number of benzene rings is 2. The number of non-ortho nitro benzene ring substituents is 1. The molecule has 12 heteroatoms. The molecule has 0 saturated heterocycles. The fraction of sp³-hybridized carbons (Fsp3) is 0.516. The molecule has 2 saturated carbocycles. The van der Waals surface area contributed by atoms with Gasteiger partial charge in [-0.3, -0.25) is 24.5 Å². The molecule has 7 N–H and O–H groups in total. The summed E-state index contributed by atoms with van der Waals surface area (Å²) in [6.45, 7) is 7.99. The van der Waals surface area contributed by atoms with Crippen LogP contribution in [0.15, 0.2) is 36.4 Å². The second kappa shape index (κ2) is 9.65. The van der Waals surface area contributed by atoms with E-state index in [0.717, 1.165) is 0 Å². The Morgan fingerprint density at radius 1 is 1.05 bits per heavy atom. The van der Waals surface area contributed by atoms with E-state index in [2.05, 4.69) is 0 Å². The van der Waals surface area contributed by atoms with Gasteiger partial charge in [-0.2, -0.15) is 0 Å². The highest BCUT2D eigenvalue weighted by Crippen LogP contribution is 2.68. The summed E-state index contributed by atoms with van der Waals surface area (Å²) in [5.41, 5.74) is 0.128. The summed E-state index contributed by atoms with van der Waals surface area (Å²) >= 11 is 0. The fourth-order valence-corrected chi connectivity index (χ4v) is 8.73. The number of rotatable bonds is 4. The zero-order valence-corrected chi connectivity index (χ0v) is 24.4. The molecule has 5 rings (SSSR count). The Labute approximate surface area is 247 Å². The van der Waals surface area contributed by atoms with Crippen LogP contribution in [-0.2, 0) is 9.59 Å². The number of ketones is 2. The van der Waals surface area contributed by atoms with Crippen molar-refractivity contribution in [3.05, 3.63) is 57.6 Å². The van der Waals surface area contributed by atoms with Crippen LogP contribution in [0.4, 0.5) is 5.69 Å². The van der Waals surface area contributed by atoms with Crippen LogP contribution in [0.2, 0.25) is 0 Å². The Balaban J connectivity index is 1.74. The van der Waals surface area contributed by atoms with Crippen LogP contribution in [0.5, 0.6) is 5.75 Å². The van der Waals surface area contributed by atoms with Crippen molar-refractivity contribution in [2.24, 2.45) is 40.2 Å². The highest BCUT2D eigenvalue weighted by Gasteiger charge is 2.80. The molecule has 2 aromatic rings. The maximum Gasteiger partial charge on any atom is 0.269 e. The molecule has 3 aliphatic carbocycles. The zero-order chi connectivity index (χ0) is 32.1. The average molecular weight is 597 g/mol. The van der Waals surface area contributed by atoms with E-state index in [1.165, 1.54) is 37.3 Å². The quantitative estimate of drug-likeness (QED) is 0.170. The van der Waals surface area contributed by atoms with Gasteiger partial charge in [0.25, 0.3) is 5.69 Å². The normalized spacial score (nSPS) is 38.7. The minimum atomic E-state index is -2.86. The van der Waals surface area contributed by atoms with Gasteiger partial charge in [0.05, 0.1) is 28.6 Å². The topological polar surface area (TPSA) is 222 Å². The third-order valence-electron chi connectivity index (χ3n) is 11.0. The van der Waals surface area contributed by atoms with Crippen molar-refractivity contribution in [3.8, 4) is 16.9 Å². The SMILES string of the molecule is CC(C)[C@H]1C(O)[C@@H](C(N)=O)C(=O)[C@]2(O)C(O)[C@H]3C(=O)c4c(O)cc(-c5ccc([N+](=O)[O-])cc5)cc4[C@@H](C)[C@]3(C)[C@@H](O)[C@]12C. The summed E-state index contributed by atoms with van der Waals surface area (Å²) in [7, 11) is 0. The third-order valence-corrected chi connectivity index (χ3v) is 11.0. The highest BCUT2D eigenvalue weighted by molar-refractivity contribution is 6.09. The first-order valence-electron chi connectivity index (χ1n) is 14.1. The molecule has 0 heterocycles. The van der Waals surface area contributed by atoms with Crippen LogP contribution >= 0.6 is 0 Å². The number of phenolic OH excluding ortho intramolecular Hbond substituents is 1. The predicted molar refractivity (Wildman–Crippen MR) is 152 cm³/mol. The molecule has 1 amide bonds. The molecule has 12 nitrogen and oxygen atoms in total. The summed E-state index contributed by atoms with van der Waals surface area (Å²) < 4.78 is 0. The molecule has 2 fully saturated rings. The lowest BCUT2D eigenvalue weighted by Gasteiger charge is -2.69. The van der Waals surface area contributed by atoms with Crippen molar-refractivity contribution in [2.45, 2.75) is 64.4 Å². The fourth-order valence-electron chi connectivity index (χ4n) is 8.73. The first-order valence-corrected chi connectivity index (χ1v) is 14.1. The van der Waals surface area contributed by atoms with Gasteiger partial charge in [0, 0.05) is 23.0 Å². The van der Waals surface area contributed by atoms with Crippen molar-refractivity contribution in [1.29, 1.82) is 0 Å². The van der Waals surface area contributed by atoms with E-state index < -0.39 is 92.5 Å². The number of hydrogen-bond donors (Lipinski definition) is 6. The van der Waals surface area contributed by atoms with Gasteiger partial charge in [0.15, 0.2) is 17.2 Å². The second-order valence-electron chi connectivity index (χ2n) is 13.1. The molecule has 0 aromatic heterocycles. The molecular weight excluding hydrogens is 560 g/mol. The number of hydrogen-bond acceptors (Lipinski definition) is 10. The first kappa shape index (κ1) is 30.7. The van der Waals surface area contributed by atoms with Crippen LogP contribution < -0.4 is 5.73 Å². The largest absolute Gasteiger partial charge is 0.507 e. The monoisotopic (exact) mass is 596 g/mol. The number of primary amides is 1. The Morgan fingerprint density at radius 3 is 2.14 bits per heavy atom. The molecule has 2 unspecified atom stereocenters. The van der Waals surface area contributed by atoms with E-state index in [1.54, 1.807) is 33.8 Å². The Hall–Kier alpha value is -3.71. The number of fused-ring (bicyclic) bond motifs is 3. The van der Waals surface area contributed by atoms with Crippen LogP contribution in [0.1, 0.15) is 56.5 Å². The summed E-state index contributed by atoms with van der Waals surface area (Å²) in [5, 5.41) is 69.9. The molecule has 10 atom stereocenters. The molecule has 230 valence electrons. The molecule has 43 heavy (non-hydrogen) atoms. The average Bonchev–Trinajstić information content (AvgIpc) is 2.92. The van der Waals surface area contributed by atoms with E-state index >= 15 is 0 Å². The third kappa shape index (κ3) is 3.67. The standard InChI is InChI=1S/C31H36N2O10/c1-12(2)21-24(36)20(27(32)39)25(37)31(41)26(38)22-23(35)19-17(13(3)29(22,4)28(40)30(21,31)5)10-15(11-18(19)34)14-6-8-16(9-7-14)33(42)43/h6-13,20-22,24,26,28,34,36,38,40-41H,1-5H3,(H2,32,39)/t13-,20-,21+,22-,24?,26?,28-,29+,30+,31+/m1/s1. The van der Waals surface area contributed by atoms with E-state index in [-0.39, 0.29) is 11.3 Å². The van der Waals surface area contributed by atoms with Crippen LogP contribution in [0, 0.1) is 44.6 Å². The van der Waals surface area contributed by atoms with Crippen LogP contribution in [-0.4, -0.2) is 71.8 Å². The van der Waals surface area contributed by atoms with Crippen molar-refractivity contribution < 1.29 is 44.8 Å². The van der Waals surface area contributed by atoms with Gasteiger partial charge in [0.1, 0.15) is 17.8 Å². The lowest BCUT2D eigenvalue weighted by atomic mass is 9.36. The smallest absolute Gasteiger partial charge is 0.269 e. The number of nitro groups is 1. The minimum Gasteiger partial charge on any atom is -0.507 e. The molecule has 0 radical (unpaired) electrons. The molecule has 2 aromatic carbocycles. The number of carbonyl (C=O) groups excluding carboxylic acids is 3. The first-order chi connectivity index (χ1) is 19.9. The Kier molecular flexibility index (Phi) is 6.90. The van der Waals surface area contributed by atoms with Gasteiger partial charge in [-0.05, 0) is 58.7 Å². The van der Waals surface area contributed by atoms with Gasteiger partial charge >= 0.3 is 0 Å². The van der Waals surface area contributed by atoms with Gasteiger partial charge in [-0.25, -0.2) is 0 Å². The number of nitrogens with two attached hydrogens (primary N) is 1. The van der Waals surface area contributed by atoms with Crippen LogP contribution in [0.25, 0.3) is 11.1 Å². The number of nitro benzene ring substituents is 1.